The van der Waals surface area contributed by atoms with Crippen molar-refractivity contribution in [3.05, 3.63) is 88.7 Å². The number of hydrogen-bond acceptors (Lipinski definition) is 2. The van der Waals surface area contributed by atoms with E-state index >= 15 is 0 Å². The van der Waals surface area contributed by atoms with Gasteiger partial charge in [-0.05, 0) is 68.0 Å². The molecular weight excluding hydrogens is 413 g/mol. The van der Waals surface area contributed by atoms with E-state index in [1.54, 1.807) is 13.0 Å². The molecule has 1 aromatic carbocycles. The van der Waals surface area contributed by atoms with E-state index in [2.05, 4.69) is 43.6 Å². The number of allylic oxidation sites excluding steroid dienone is 9. The number of rotatable bonds is 6. The molecule has 3 nitrogen and oxygen atoms in total. The zero-order chi connectivity index (χ0) is 23.9. The molecule has 32 heavy (non-hydrogen) atoms. The molecule has 6 heteroatoms. The van der Waals surface area contributed by atoms with Gasteiger partial charge in [0.05, 0.1) is 5.56 Å². The summed E-state index contributed by atoms with van der Waals surface area (Å²) in [6, 6.07) is 4.35. The number of anilines is 1. The highest BCUT2D eigenvalue weighted by Gasteiger charge is 2.30. The molecule has 0 aromatic heterocycles. The first-order chi connectivity index (χ1) is 14.9. The van der Waals surface area contributed by atoms with E-state index in [4.69, 9.17) is 0 Å². The molecule has 1 aliphatic heterocycles. The third kappa shape index (κ3) is 7.59. The monoisotopic (exact) mass is 444 g/mol. The van der Waals surface area contributed by atoms with Crippen LogP contribution in [0.1, 0.15) is 46.6 Å². The maximum atomic E-state index is 12.6. The van der Waals surface area contributed by atoms with Crippen molar-refractivity contribution in [2.45, 2.75) is 47.2 Å². The van der Waals surface area contributed by atoms with E-state index in [0.29, 0.717) is 5.69 Å². The standard InChI is InChI=1S/C26H31F3N2O/c1-18(9-14-23-20(3)30-16-15-25(23,4)5)7-6-8-19(2)17-24(32)31-22-12-10-21(11-13-22)26(27,28)29/h6-14,17,30H,15-16H2,1-5H3,(H,31,32)/b8-6+,14-9+,18-7+,19-17+. The highest BCUT2D eigenvalue weighted by atomic mass is 19.4. The second kappa shape index (κ2) is 10.5. The summed E-state index contributed by atoms with van der Waals surface area (Å²) in [5.74, 6) is -0.401. The number of carbonyl (C=O) groups excluding carboxylic acids is 1. The van der Waals surface area contributed by atoms with Crippen LogP contribution in [0.2, 0.25) is 0 Å². The van der Waals surface area contributed by atoms with Crippen LogP contribution in [0, 0.1) is 5.41 Å². The van der Waals surface area contributed by atoms with Crippen LogP contribution in [0.4, 0.5) is 18.9 Å². The highest BCUT2D eigenvalue weighted by molar-refractivity contribution is 5.99. The zero-order valence-corrected chi connectivity index (χ0v) is 19.2. The Morgan fingerprint density at radius 2 is 1.75 bits per heavy atom. The molecule has 0 aliphatic carbocycles. The second-order valence-corrected chi connectivity index (χ2v) is 8.66. The summed E-state index contributed by atoms with van der Waals surface area (Å²) < 4.78 is 37.8. The molecule has 0 bridgehead atoms. The topological polar surface area (TPSA) is 41.1 Å². The van der Waals surface area contributed by atoms with Crippen molar-refractivity contribution in [1.82, 2.24) is 5.32 Å². The predicted molar refractivity (Wildman–Crippen MR) is 125 cm³/mol. The predicted octanol–water partition coefficient (Wildman–Crippen LogP) is 6.94. The minimum absolute atomic E-state index is 0.141. The average Bonchev–Trinajstić information content (AvgIpc) is 2.66. The van der Waals surface area contributed by atoms with Crippen LogP contribution in [-0.2, 0) is 11.0 Å². The van der Waals surface area contributed by atoms with Gasteiger partial charge in [-0.25, -0.2) is 0 Å². The molecule has 2 rings (SSSR count). The van der Waals surface area contributed by atoms with Crippen molar-refractivity contribution in [1.29, 1.82) is 0 Å². The highest BCUT2D eigenvalue weighted by Crippen LogP contribution is 2.35. The van der Waals surface area contributed by atoms with E-state index in [1.807, 2.05) is 19.1 Å². The Labute approximate surface area is 188 Å². The smallest absolute Gasteiger partial charge is 0.388 e. The third-order valence-electron chi connectivity index (χ3n) is 5.34. The Kier molecular flexibility index (Phi) is 8.31. The summed E-state index contributed by atoms with van der Waals surface area (Å²) in [6.45, 7) is 11.4. The lowest BCUT2D eigenvalue weighted by atomic mass is 9.77. The van der Waals surface area contributed by atoms with Gasteiger partial charge in [-0.2, -0.15) is 13.2 Å². The van der Waals surface area contributed by atoms with Gasteiger partial charge in [0.2, 0.25) is 5.91 Å². The zero-order valence-electron chi connectivity index (χ0n) is 19.2. The van der Waals surface area contributed by atoms with Crippen molar-refractivity contribution < 1.29 is 18.0 Å². The molecule has 1 amide bonds. The summed E-state index contributed by atoms with van der Waals surface area (Å²) in [4.78, 5) is 12.1. The molecule has 0 unspecified atom stereocenters. The SMILES string of the molecule is CC1=C(/C=C/C(C)=C/C=C/C(C)=C/C(=O)Nc2ccc(C(F)(F)F)cc2)C(C)(C)CCN1. The van der Waals surface area contributed by atoms with Crippen LogP contribution in [0.5, 0.6) is 0 Å². The van der Waals surface area contributed by atoms with Gasteiger partial charge in [0.1, 0.15) is 0 Å². The first kappa shape index (κ1) is 25.2. The summed E-state index contributed by atoms with van der Waals surface area (Å²) in [7, 11) is 0. The van der Waals surface area contributed by atoms with E-state index < -0.39 is 17.6 Å². The average molecular weight is 445 g/mol. The minimum Gasteiger partial charge on any atom is -0.388 e. The van der Waals surface area contributed by atoms with Crippen LogP contribution >= 0.6 is 0 Å². The van der Waals surface area contributed by atoms with E-state index in [-0.39, 0.29) is 5.41 Å². The van der Waals surface area contributed by atoms with E-state index in [0.717, 1.165) is 36.2 Å². The van der Waals surface area contributed by atoms with Crippen LogP contribution < -0.4 is 10.6 Å². The molecule has 0 atom stereocenters. The van der Waals surface area contributed by atoms with Crippen LogP contribution in [0.3, 0.4) is 0 Å². The molecule has 0 spiro atoms. The van der Waals surface area contributed by atoms with E-state index in [1.165, 1.54) is 29.5 Å². The maximum absolute atomic E-state index is 12.6. The molecule has 1 aromatic rings. The Bertz CT molecular complexity index is 975. The van der Waals surface area contributed by atoms with Gasteiger partial charge >= 0.3 is 6.18 Å². The summed E-state index contributed by atoms with van der Waals surface area (Å²) >= 11 is 0. The summed E-state index contributed by atoms with van der Waals surface area (Å²) in [5.41, 5.74) is 4.00. The normalized spacial score (nSPS) is 17.8. The molecule has 0 radical (unpaired) electrons. The van der Waals surface area contributed by atoms with Crippen LogP contribution in [0.15, 0.2) is 83.1 Å². The molecular formula is C26H31F3N2O. The lowest BCUT2D eigenvalue weighted by Gasteiger charge is -2.33. The fraction of sp³-hybridized carbons (Fsp3) is 0.346. The number of halogens is 3. The first-order valence-corrected chi connectivity index (χ1v) is 10.5. The quantitative estimate of drug-likeness (QED) is 0.368. The number of benzene rings is 1. The Morgan fingerprint density at radius 1 is 1.09 bits per heavy atom. The van der Waals surface area contributed by atoms with Crippen molar-refractivity contribution in [2.75, 3.05) is 11.9 Å². The fourth-order valence-electron chi connectivity index (χ4n) is 3.45. The van der Waals surface area contributed by atoms with Gasteiger partial charge in [0.15, 0.2) is 0 Å². The number of carbonyl (C=O) groups is 1. The molecule has 0 saturated carbocycles. The van der Waals surface area contributed by atoms with Gasteiger partial charge in [-0.1, -0.05) is 49.8 Å². The van der Waals surface area contributed by atoms with E-state index in [9.17, 15) is 18.0 Å². The Morgan fingerprint density at radius 3 is 2.34 bits per heavy atom. The summed E-state index contributed by atoms with van der Waals surface area (Å²) in [6.07, 6.45) is 7.95. The maximum Gasteiger partial charge on any atom is 0.416 e. The first-order valence-electron chi connectivity index (χ1n) is 10.5. The number of hydrogen-bond donors (Lipinski definition) is 2. The van der Waals surface area contributed by atoms with Gasteiger partial charge in [-0.15, -0.1) is 0 Å². The largest absolute Gasteiger partial charge is 0.416 e. The van der Waals surface area contributed by atoms with Crippen LogP contribution in [-0.4, -0.2) is 12.5 Å². The summed E-state index contributed by atoms with van der Waals surface area (Å²) in [5, 5.41) is 5.98. The fourth-order valence-corrected chi connectivity index (χ4v) is 3.45. The molecule has 0 saturated heterocycles. The number of amides is 1. The molecule has 1 heterocycles. The Hall–Kier alpha value is -3.02. The van der Waals surface area contributed by atoms with Gasteiger partial charge in [-0.3, -0.25) is 4.79 Å². The van der Waals surface area contributed by atoms with Gasteiger partial charge in [0.25, 0.3) is 0 Å². The van der Waals surface area contributed by atoms with Crippen molar-refractivity contribution in [3.63, 3.8) is 0 Å². The van der Waals surface area contributed by atoms with Crippen molar-refractivity contribution in [2.24, 2.45) is 5.41 Å². The number of nitrogens with one attached hydrogen (secondary N) is 2. The van der Waals surface area contributed by atoms with Crippen LogP contribution in [0.25, 0.3) is 0 Å². The van der Waals surface area contributed by atoms with Crippen molar-refractivity contribution in [3.8, 4) is 0 Å². The lowest BCUT2D eigenvalue weighted by molar-refractivity contribution is -0.137. The number of alkyl halides is 3. The molecule has 2 N–H and O–H groups in total. The molecule has 0 fully saturated rings. The third-order valence-corrected chi connectivity index (χ3v) is 5.34. The minimum atomic E-state index is -4.40. The van der Waals surface area contributed by atoms with Gasteiger partial charge < -0.3 is 10.6 Å². The molecule has 172 valence electrons. The Balaban J connectivity index is 1.96. The lowest BCUT2D eigenvalue weighted by Crippen LogP contribution is -2.31. The van der Waals surface area contributed by atoms with Crippen molar-refractivity contribution >= 4 is 11.6 Å². The second-order valence-electron chi connectivity index (χ2n) is 8.66. The molecule has 1 aliphatic rings. The van der Waals surface area contributed by atoms with Gasteiger partial charge in [0, 0.05) is 24.0 Å².